The lowest BCUT2D eigenvalue weighted by Gasteiger charge is -2.39. The lowest BCUT2D eigenvalue weighted by Crippen LogP contribution is -2.51. The van der Waals surface area contributed by atoms with E-state index in [1.807, 2.05) is 0 Å². The third-order valence-electron chi connectivity index (χ3n) is 13.6. The second-order valence-electron chi connectivity index (χ2n) is 18.5. The fourth-order valence-corrected chi connectivity index (χ4v) is 8.36. The van der Waals surface area contributed by atoms with Gasteiger partial charge in [0.2, 0.25) is 0 Å². The average molecular weight is 797 g/mol. The highest BCUT2D eigenvalue weighted by molar-refractivity contribution is 5.47. The first-order chi connectivity index (χ1) is 26.9. The number of nitrogens with zero attached hydrogens (tertiary/aromatic N) is 2. The van der Waals surface area contributed by atoms with E-state index in [-0.39, 0.29) is 0 Å². The third kappa shape index (κ3) is 41.4. The van der Waals surface area contributed by atoms with Gasteiger partial charge < -0.3 is 24.0 Å². The van der Waals surface area contributed by atoms with Crippen LogP contribution < -0.4 is 10.2 Å². The molecule has 0 amide bonds. The Morgan fingerprint density at radius 2 is 0.536 bits per heavy atom. The van der Waals surface area contributed by atoms with Crippen molar-refractivity contribution in [3.8, 4) is 0 Å². The van der Waals surface area contributed by atoms with Crippen LogP contribution >= 0.6 is 0 Å². The molecular weight excluding hydrogens is 689 g/mol. The van der Waals surface area contributed by atoms with E-state index in [9.17, 15) is 0 Å². The van der Waals surface area contributed by atoms with Gasteiger partial charge in [-0.1, -0.05) is 195 Å². The molecular formula is C51H108N2O3. The molecule has 0 rings (SSSR count). The van der Waals surface area contributed by atoms with E-state index in [0.717, 1.165) is 12.1 Å². The number of hydrogen-bond acceptors (Lipinski definition) is 3. The largest absolute Gasteiger partial charge is 0.652 e. The molecule has 5 heteroatoms. The van der Waals surface area contributed by atoms with Crippen molar-refractivity contribution in [2.24, 2.45) is 0 Å². The molecule has 5 nitrogen and oxygen atoms in total. The lowest BCUT2D eigenvalue weighted by molar-refractivity contribution is -0.930. The Kier molecular flexibility index (Phi) is 48.1. The van der Waals surface area contributed by atoms with E-state index < -0.39 is 6.16 Å². The Hall–Kier alpha value is -0.810. The first kappa shape index (κ1) is 59.5. The van der Waals surface area contributed by atoms with Crippen LogP contribution in [-0.4, -0.2) is 67.5 Å². The second kappa shape index (κ2) is 45.3. The molecule has 0 aliphatic heterocycles. The summed E-state index contributed by atoms with van der Waals surface area (Å²) >= 11 is 0. The van der Waals surface area contributed by atoms with Crippen molar-refractivity contribution in [1.29, 1.82) is 0 Å². The van der Waals surface area contributed by atoms with E-state index in [4.69, 9.17) is 15.0 Å². The van der Waals surface area contributed by atoms with E-state index in [1.54, 1.807) is 0 Å². The summed E-state index contributed by atoms with van der Waals surface area (Å²) in [5.74, 6) is 0. The molecule has 4 atom stereocenters. The minimum absolute atomic E-state index is 0.838. The summed E-state index contributed by atoms with van der Waals surface area (Å²) in [6, 6.07) is 1.68. The molecule has 0 N–H and O–H groups in total. The van der Waals surface area contributed by atoms with Crippen LogP contribution in [-0.2, 0) is 0 Å². The van der Waals surface area contributed by atoms with Gasteiger partial charge in [0.25, 0.3) is 0 Å². The molecule has 0 radical (unpaired) electrons. The molecule has 0 saturated heterocycles. The molecule has 0 aliphatic carbocycles. The molecule has 56 heavy (non-hydrogen) atoms. The van der Waals surface area contributed by atoms with Gasteiger partial charge in [-0.25, -0.2) is 0 Å². The van der Waals surface area contributed by atoms with Gasteiger partial charge in [0, 0.05) is 0 Å². The van der Waals surface area contributed by atoms with Crippen molar-refractivity contribution in [3.05, 3.63) is 0 Å². The summed E-state index contributed by atoms with van der Waals surface area (Å²) in [6.45, 7) is 24.4. The summed E-state index contributed by atoms with van der Waals surface area (Å²) in [4.78, 5) is 8.33. The monoisotopic (exact) mass is 797 g/mol. The third-order valence-corrected chi connectivity index (χ3v) is 13.6. The number of quaternary nitrogens is 2. The first-order valence-corrected chi connectivity index (χ1v) is 25.5. The van der Waals surface area contributed by atoms with Crippen LogP contribution in [0.1, 0.15) is 274 Å². The maximum Gasteiger partial charge on any atom is 0.0859 e. The molecule has 0 saturated carbocycles. The number of hydrogen-bond donors (Lipinski definition) is 0. The normalized spacial score (nSPS) is 14.5. The van der Waals surface area contributed by atoms with Gasteiger partial charge in [-0.3, -0.25) is 0 Å². The molecule has 340 valence electrons. The van der Waals surface area contributed by atoms with Gasteiger partial charge in [-0.2, -0.15) is 0 Å². The Labute approximate surface area is 355 Å². The van der Waals surface area contributed by atoms with E-state index in [2.05, 4.69) is 69.5 Å². The van der Waals surface area contributed by atoms with Crippen LogP contribution in [0.2, 0.25) is 0 Å². The van der Waals surface area contributed by atoms with Crippen LogP contribution in [0.4, 0.5) is 4.79 Å². The SMILES string of the molecule is CCCCCCCCCCC(C)[N+](C)(CC)CCCCCCCCCC.CCCCCCCCCCC(C)[N+](C)(CC)CCCCCCCCCC.O=C([O-])[O-]. The lowest BCUT2D eigenvalue weighted by atomic mass is 10.0. The minimum Gasteiger partial charge on any atom is -0.652 e. The highest BCUT2D eigenvalue weighted by Gasteiger charge is 2.27. The highest BCUT2D eigenvalue weighted by atomic mass is 16.6. The molecule has 0 heterocycles. The van der Waals surface area contributed by atoms with Gasteiger partial charge in [-0.15, -0.1) is 0 Å². The molecule has 0 bridgehead atoms. The molecule has 0 aliphatic rings. The van der Waals surface area contributed by atoms with Crippen molar-refractivity contribution in [1.82, 2.24) is 0 Å². The predicted octanol–water partition coefficient (Wildman–Crippen LogP) is 14.6. The fourth-order valence-electron chi connectivity index (χ4n) is 8.36. The molecule has 0 aromatic carbocycles. The first-order valence-electron chi connectivity index (χ1n) is 25.5. The van der Waals surface area contributed by atoms with Gasteiger partial charge in [0.05, 0.1) is 52.4 Å². The molecule has 0 fully saturated rings. The maximum atomic E-state index is 8.33. The van der Waals surface area contributed by atoms with E-state index >= 15 is 0 Å². The number of carbonyl (C=O) groups excluding carboxylic acids is 1. The Balaban J connectivity index is -0.000000914. The summed E-state index contributed by atoms with van der Waals surface area (Å²) in [7, 11) is 5.02. The summed E-state index contributed by atoms with van der Waals surface area (Å²) in [5.41, 5.74) is 0. The topological polar surface area (TPSA) is 63.2 Å². The molecule has 0 spiro atoms. The number of unbranched alkanes of at least 4 members (excludes halogenated alkanes) is 28. The number of rotatable bonds is 40. The average Bonchev–Trinajstić information content (AvgIpc) is 3.18. The zero-order chi connectivity index (χ0) is 42.6. The Morgan fingerprint density at radius 1 is 0.357 bits per heavy atom. The molecule has 0 aromatic heterocycles. The van der Waals surface area contributed by atoms with Gasteiger partial charge in [0.1, 0.15) is 0 Å². The Bertz CT molecular complexity index is 703. The van der Waals surface area contributed by atoms with Crippen LogP contribution in [0.25, 0.3) is 0 Å². The van der Waals surface area contributed by atoms with Crippen molar-refractivity contribution < 1.29 is 24.0 Å². The standard InChI is InChI=1S/2C25H54N.CH2O3/c2*1-6-9-11-13-15-17-19-21-23-25(4)26(5,8-3)24-22-20-18-16-14-12-10-7-2;2-1(3)4/h2*25H,6-24H2,1-5H3;(H2,2,3,4)/q2*+1;/p-2. The fraction of sp³-hybridized carbons (Fsp3) is 0.980. The smallest absolute Gasteiger partial charge is 0.0859 e. The van der Waals surface area contributed by atoms with Crippen LogP contribution in [0.3, 0.4) is 0 Å². The van der Waals surface area contributed by atoms with Gasteiger partial charge >= 0.3 is 0 Å². The number of carbonyl (C=O) groups is 1. The van der Waals surface area contributed by atoms with Crippen molar-refractivity contribution >= 4 is 6.16 Å². The maximum absolute atomic E-state index is 8.33. The quantitative estimate of drug-likeness (QED) is 0.0458. The van der Waals surface area contributed by atoms with Crippen LogP contribution in [0.15, 0.2) is 0 Å². The molecule has 0 aromatic rings. The minimum atomic E-state index is -2.33. The van der Waals surface area contributed by atoms with E-state index in [1.165, 1.54) is 253 Å². The second-order valence-corrected chi connectivity index (χ2v) is 18.5. The summed E-state index contributed by atoms with van der Waals surface area (Å²) < 4.78 is 2.60. The molecule has 4 unspecified atom stereocenters. The van der Waals surface area contributed by atoms with E-state index in [0.29, 0.717) is 0 Å². The Morgan fingerprint density at radius 3 is 0.732 bits per heavy atom. The van der Waals surface area contributed by atoms with Crippen LogP contribution in [0.5, 0.6) is 0 Å². The van der Waals surface area contributed by atoms with Crippen molar-refractivity contribution in [2.45, 2.75) is 286 Å². The highest BCUT2D eigenvalue weighted by Crippen LogP contribution is 2.21. The van der Waals surface area contributed by atoms with Crippen LogP contribution in [0, 0.1) is 0 Å². The van der Waals surface area contributed by atoms with Gasteiger partial charge in [0.15, 0.2) is 0 Å². The zero-order valence-electron chi connectivity index (χ0n) is 40.6. The summed E-state index contributed by atoms with van der Waals surface area (Å²) in [6.07, 6.45) is 46.6. The summed E-state index contributed by atoms with van der Waals surface area (Å²) in [5, 5.41) is 16.7. The van der Waals surface area contributed by atoms with Crippen molar-refractivity contribution in [2.75, 3.05) is 40.3 Å². The number of carboxylic acid groups (broad SMARTS) is 2. The zero-order valence-corrected chi connectivity index (χ0v) is 40.6. The predicted molar refractivity (Wildman–Crippen MR) is 247 cm³/mol. The van der Waals surface area contributed by atoms with Gasteiger partial charge in [-0.05, 0) is 85.2 Å². The van der Waals surface area contributed by atoms with Crippen molar-refractivity contribution in [3.63, 3.8) is 0 Å².